The highest BCUT2D eigenvalue weighted by molar-refractivity contribution is 5.78. The van der Waals surface area contributed by atoms with Gasteiger partial charge in [-0.25, -0.2) is 0 Å². The number of hydrogen-bond donors (Lipinski definition) is 2. The van der Waals surface area contributed by atoms with Crippen molar-refractivity contribution in [3.63, 3.8) is 0 Å². The van der Waals surface area contributed by atoms with Crippen molar-refractivity contribution in [3.8, 4) is 0 Å². The second kappa shape index (κ2) is 7.36. The van der Waals surface area contributed by atoms with Gasteiger partial charge in [0.05, 0.1) is 13.5 Å². The topological polar surface area (TPSA) is 67.4 Å². The second-order valence-corrected chi connectivity index (χ2v) is 4.94. The molecule has 0 saturated heterocycles. The molecule has 0 aromatic carbocycles. The molecule has 1 aliphatic carbocycles. The van der Waals surface area contributed by atoms with Gasteiger partial charge in [0.25, 0.3) is 0 Å². The number of amides is 1. The van der Waals surface area contributed by atoms with E-state index in [-0.39, 0.29) is 23.8 Å². The molecule has 18 heavy (non-hydrogen) atoms. The van der Waals surface area contributed by atoms with E-state index in [0.717, 1.165) is 12.8 Å². The van der Waals surface area contributed by atoms with Crippen LogP contribution in [-0.2, 0) is 14.3 Å². The molecule has 5 heteroatoms. The summed E-state index contributed by atoms with van der Waals surface area (Å²) in [6.07, 6.45) is 6.43. The Morgan fingerprint density at radius 3 is 2.44 bits per heavy atom. The fourth-order valence-electron chi connectivity index (χ4n) is 2.52. The highest BCUT2D eigenvalue weighted by Crippen LogP contribution is 2.30. The second-order valence-electron chi connectivity index (χ2n) is 4.94. The number of carbonyl (C=O) groups is 2. The number of rotatable bonds is 6. The summed E-state index contributed by atoms with van der Waals surface area (Å²) in [5.41, 5.74) is -0.0480. The van der Waals surface area contributed by atoms with E-state index in [1.807, 2.05) is 7.05 Å². The Morgan fingerprint density at radius 1 is 1.22 bits per heavy atom. The van der Waals surface area contributed by atoms with E-state index in [4.69, 9.17) is 0 Å². The zero-order valence-electron chi connectivity index (χ0n) is 11.4. The Kier molecular flexibility index (Phi) is 6.12. The van der Waals surface area contributed by atoms with E-state index in [9.17, 15) is 9.59 Å². The minimum Gasteiger partial charge on any atom is -0.469 e. The van der Waals surface area contributed by atoms with Gasteiger partial charge in [-0.3, -0.25) is 9.59 Å². The number of nitrogens with one attached hydrogen (secondary N) is 2. The lowest BCUT2D eigenvalue weighted by Crippen LogP contribution is -2.48. The predicted molar refractivity (Wildman–Crippen MR) is 69.1 cm³/mol. The quantitative estimate of drug-likeness (QED) is 0.695. The van der Waals surface area contributed by atoms with Crippen molar-refractivity contribution in [1.82, 2.24) is 10.6 Å². The highest BCUT2D eigenvalue weighted by atomic mass is 16.5. The van der Waals surface area contributed by atoms with Crippen molar-refractivity contribution < 1.29 is 14.3 Å². The maximum Gasteiger partial charge on any atom is 0.307 e. The third-order valence-electron chi connectivity index (χ3n) is 3.72. The summed E-state index contributed by atoms with van der Waals surface area (Å²) >= 11 is 0. The zero-order valence-corrected chi connectivity index (χ0v) is 11.4. The van der Waals surface area contributed by atoms with Crippen LogP contribution in [0.3, 0.4) is 0 Å². The summed E-state index contributed by atoms with van der Waals surface area (Å²) in [5.74, 6) is -0.286. The predicted octanol–water partition coefficient (Wildman–Crippen LogP) is 0.978. The molecule has 0 aromatic heterocycles. The first-order chi connectivity index (χ1) is 8.62. The fraction of sp³-hybridized carbons (Fsp3) is 0.846. The van der Waals surface area contributed by atoms with Crippen molar-refractivity contribution in [2.75, 3.05) is 20.7 Å². The monoisotopic (exact) mass is 256 g/mol. The van der Waals surface area contributed by atoms with E-state index >= 15 is 0 Å². The van der Waals surface area contributed by atoms with Crippen LogP contribution in [-0.4, -0.2) is 38.1 Å². The van der Waals surface area contributed by atoms with E-state index < -0.39 is 0 Å². The summed E-state index contributed by atoms with van der Waals surface area (Å²) in [7, 11) is 3.27. The Bertz CT molecular complexity index is 286. The van der Waals surface area contributed by atoms with Crippen LogP contribution >= 0.6 is 0 Å². The average molecular weight is 256 g/mol. The molecule has 5 nitrogen and oxygen atoms in total. The van der Waals surface area contributed by atoms with Gasteiger partial charge in [-0.15, -0.1) is 0 Å². The number of hydrogen-bond acceptors (Lipinski definition) is 4. The molecule has 104 valence electrons. The van der Waals surface area contributed by atoms with Gasteiger partial charge in [0.2, 0.25) is 5.91 Å². The Morgan fingerprint density at radius 2 is 1.89 bits per heavy atom. The fourth-order valence-corrected chi connectivity index (χ4v) is 2.52. The first kappa shape index (κ1) is 15.0. The third-order valence-corrected chi connectivity index (χ3v) is 3.72. The molecule has 0 aromatic rings. The third kappa shape index (κ3) is 4.64. The Labute approximate surface area is 109 Å². The van der Waals surface area contributed by atoms with Crippen LogP contribution in [0.2, 0.25) is 0 Å². The largest absolute Gasteiger partial charge is 0.469 e. The van der Waals surface area contributed by atoms with E-state index in [1.165, 1.54) is 26.4 Å². The van der Waals surface area contributed by atoms with Gasteiger partial charge in [-0.1, -0.05) is 19.3 Å². The molecule has 1 amide bonds. The first-order valence-corrected chi connectivity index (χ1v) is 6.64. The van der Waals surface area contributed by atoms with E-state index in [1.54, 1.807) is 0 Å². The minimum atomic E-state index is -0.295. The van der Waals surface area contributed by atoms with Gasteiger partial charge in [0.15, 0.2) is 0 Å². The van der Waals surface area contributed by atoms with Crippen molar-refractivity contribution in [1.29, 1.82) is 0 Å². The van der Waals surface area contributed by atoms with Crippen molar-refractivity contribution in [2.45, 2.75) is 50.5 Å². The van der Waals surface area contributed by atoms with Crippen LogP contribution in [0.15, 0.2) is 0 Å². The van der Waals surface area contributed by atoms with Gasteiger partial charge in [0.1, 0.15) is 0 Å². The lowest BCUT2D eigenvalue weighted by molar-refractivity contribution is -0.140. The maximum atomic E-state index is 11.8. The van der Waals surface area contributed by atoms with Crippen LogP contribution in [0.5, 0.6) is 0 Å². The number of methoxy groups -OCH3 is 1. The SMILES string of the molecule is CNC1(CC(=O)NCCC(=O)OC)CCCCC1. The smallest absolute Gasteiger partial charge is 0.307 e. The van der Waals surface area contributed by atoms with Gasteiger partial charge < -0.3 is 15.4 Å². The summed E-state index contributed by atoms with van der Waals surface area (Å²) in [6.45, 7) is 0.352. The molecule has 1 saturated carbocycles. The molecule has 0 bridgehead atoms. The molecule has 0 unspecified atom stereocenters. The van der Waals surface area contributed by atoms with Crippen molar-refractivity contribution in [3.05, 3.63) is 0 Å². The molecule has 0 spiro atoms. The molecule has 0 heterocycles. The van der Waals surface area contributed by atoms with Crippen LogP contribution in [0.1, 0.15) is 44.9 Å². The number of esters is 1. The van der Waals surface area contributed by atoms with Crippen LogP contribution in [0, 0.1) is 0 Å². The molecule has 0 aliphatic heterocycles. The van der Waals surface area contributed by atoms with Gasteiger partial charge in [-0.2, -0.15) is 0 Å². The zero-order chi connectivity index (χ0) is 13.4. The van der Waals surface area contributed by atoms with Crippen molar-refractivity contribution in [2.24, 2.45) is 0 Å². The van der Waals surface area contributed by atoms with E-state index in [0.29, 0.717) is 13.0 Å². The molecular weight excluding hydrogens is 232 g/mol. The van der Waals surface area contributed by atoms with Crippen LogP contribution < -0.4 is 10.6 Å². The molecule has 0 radical (unpaired) electrons. The lowest BCUT2D eigenvalue weighted by atomic mass is 9.79. The number of carbonyl (C=O) groups excluding carboxylic acids is 2. The van der Waals surface area contributed by atoms with Gasteiger partial charge in [0, 0.05) is 18.5 Å². The number of ether oxygens (including phenoxy) is 1. The molecule has 2 N–H and O–H groups in total. The maximum absolute atomic E-state index is 11.8. The summed E-state index contributed by atoms with van der Waals surface area (Å²) in [4.78, 5) is 22.8. The molecule has 1 fully saturated rings. The van der Waals surface area contributed by atoms with Crippen LogP contribution in [0.4, 0.5) is 0 Å². The summed E-state index contributed by atoms with van der Waals surface area (Å²) in [6, 6.07) is 0. The van der Waals surface area contributed by atoms with Gasteiger partial charge >= 0.3 is 5.97 Å². The summed E-state index contributed by atoms with van der Waals surface area (Å²) in [5, 5.41) is 6.08. The van der Waals surface area contributed by atoms with Crippen molar-refractivity contribution >= 4 is 11.9 Å². The molecule has 0 atom stereocenters. The average Bonchev–Trinajstić information content (AvgIpc) is 2.39. The Hall–Kier alpha value is -1.10. The highest BCUT2D eigenvalue weighted by Gasteiger charge is 2.32. The van der Waals surface area contributed by atoms with Gasteiger partial charge in [-0.05, 0) is 19.9 Å². The van der Waals surface area contributed by atoms with Crippen LogP contribution in [0.25, 0.3) is 0 Å². The normalized spacial score (nSPS) is 18.1. The minimum absolute atomic E-state index is 0.00940. The van der Waals surface area contributed by atoms with E-state index in [2.05, 4.69) is 15.4 Å². The molecule has 1 aliphatic rings. The standard InChI is InChI=1S/C13H24N2O3/c1-14-13(7-4-3-5-8-13)10-11(16)15-9-6-12(17)18-2/h14H,3-10H2,1-2H3,(H,15,16). The Balaban J connectivity index is 2.31. The molecule has 1 rings (SSSR count). The molecular formula is C13H24N2O3. The first-order valence-electron chi connectivity index (χ1n) is 6.64. The lowest BCUT2D eigenvalue weighted by Gasteiger charge is -2.36. The summed E-state index contributed by atoms with van der Waals surface area (Å²) < 4.78 is 4.52.